The van der Waals surface area contributed by atoms with E-state index in [1.165, 1.54) is 17.5 Å². The molecule has 1 N–H and O–H groups in total. The molecule has 0 aliphatic rings. The van der Waals surface area contributed by atoms with Gasteiger partial charge in [0.25, 0.3) is 0 Å². The molecule has 0 saturated carbocycles. The Bertz CT molecular complexity index is 570. The first kappa shape index (κ1) is 15.2. The van der Waals surface area contributed by atoms with E-state index in [9.17, 15) is 0 Å². The Morgan fingerprint density at radius 1 is 1.24 bits per heavy atom. The summed E-state index contributed by atoms with van der Waals surface area (Å²) in [5, 5.41) is 11.3. The molecule has 5 nitrogen and oxygen atoms in total. The molecule has 112 valence electrons. The van der Waals surface area contributed by atoms with Gasteiger partial charge in [-0.15, -0.1) is 5.10 Å². The van der Waals surface area contributed by atoms with Crippen molar-refractivity contribution in [1.82, 2.24) is 15.2 Å². The Kier molecular flexibility index (Phi) is 5.49. The Hall–Kier alpha value is -2.17. The summed E-state index contributed by atoms with van der Waals surface area (Å²) in [6.07, 6.45) is 4.02. The molecule has 0 saturated heterocycles. The smallest absolute Gasteiger partial charge is 0.244 e. The predicted molar refractivity (Wildman–Crippen MR) is 86.5 cm³/mol. The number of anilines is 2. The fraction of sp³-hybridized carbons (Fsp3) is 0.438. The fourth-order valence-electron chi connectivity index (χ4n) is 2.05. The lowest BCUT2D eigenvalue weighted by Gasteiger charge is -2.17. The van der Waals surface area contributed by atoms with Gasteiger partial charge >= 0.3 is 0 Å². The zero-order valence-electron chi connectivity index (χ0n) is 13.0. The molecule has 0 atom stereocenters. The zero-order chi connectivity index (χ0) is 15.1. The number of nitrogens with one attached hydrogen (secondary N) is 1. The van der Waals surface area contributed by atoms with Crippen molar-refractivity contribution in [1.29, 1.82) is 0 Å². The SMILES string of the molecule is CCCCN(C)c1cnnc(NCc2ccccc2C)n1. The highest BCUT2D eigenvalue weighted by atomic mass is 15.3. The maximum Gasteiger partial charge on any atom is 0.244 e. The summed E-state index contributed by atoms with van der Waals surface area (Å²) >= 11 is 0. The molecular formula is C16H23N5. The van der Waals surface area contributed by atoms with E-state index >= 15 is 0 Å². The lowest BCUT2D eigenvalue weighted by Crippen LogP contribution is -2.20. The van der Waals surface area contributed by atoms with Crippen LogP contribution in [-0.2, 0) is 6.54 Å². The van der Waals surface area contributed by atoms with Crippen LogP contribution in [0.5, 0.6) is 0 Å². The first-order valence-electron chi connectivity index (χ1n) is 7.40. The monoisotopic (exact) mass is 285 g/mol. The van der Waals surface area contributed by atoms with Crippen molar-refractivity contribution in [2.75, 3.05) is 23.8 Å². The Morgan fingerprint density at radius 3 is 2.81 bits per heavy atom. The standard InChI is InChI=1S/C16H23N5/c1-4-5-10-21(3)15-12-18-20-16(19-15)17-11-14-9-7-6-8-13(14)2/h6-9,12H,4-5,10-11H2,1-3H3,(H,17,19,20). The van der Waals surface area contributed by atoms with Crippen molar-refractivity contribution in [2.24, 2.45) is 0 Å². The Balaban J connectivity index is 1.99. The molecule has 0 amide bonds. The van der Waals surface area contributed by atoms with E-state index in [-0.39, 0.29) is 0 Å². The molecule has 0 aliphatic heterocycles. The van der Waals surface area contributed by atoms with Gasteiger partial charge in [0.2, 0.25) is 5.95 Å². The van der Waals surface area contributed by atoms with E-state index in [1.54, 1.807) is 6.20 Å². The average Bonchev–Trinajstić information content (AvgIpc) is 2.52. The molecule has 1 aromatic carbocycles. The van der Waals surface area contributed by atoms with Crippen molar-refractivity contribution in [2.45, 2.75) is 33.2 Å². The van der Waals surface area contributed by atoms with Crippen LogP contribution in [0.4, 0.5) is 11.8 Å². The summed E-state index contributed by atoms with van der Waals surface area (Å²) in [6.45, 7) is 5.97. The van der Waals surface area contributed by atoms with E-state index in [0.717, 1.165) is 18.8 Å². The van der Waals surface area contributed by atoms with Gasteiger partial charge in [-0.25, -0.2) is 0 Å². The number of rotatable bonds is 7. The highest BCUT2D eigenvalue weighted by Gasteiger charge is 2.05. The van der Waals surface area contributed by atoms with Crippen LogP contribution in [0.25, 0.3) is 0 Å². The number of nitrogens with zero attached hydrogens (tertiary/aromatic N) is 4. The van der Waals surface area contributed by atoms with Crippen LogP contribution >= 0.6 is 0 Å². The van der Waals surface area contributed by atoms with E-state index in [0.29, 0.717) is 12.5 Å². The Morgan fingerprint density at radius 2 is 2.05 bits per heavy atom. The fourth-order valence-corrected chi connectivity index (χ4v) is 2.05. The summed E-state index contributed by atoms with van der Waals surface area (Å²) in [7, 11) is 2.03. The number of hydrogen-bond donors (Lipinski definition) is 1. The topological polar surface area (TPSA) is 53.9 Å². The third-order valence-corrected chi connectivity index (χ3v) is 3.48. The summed E-state index contributed by atoms with van der Waals surface area (Å²) in [5.74, 6) is 1.42. The van der Waals surface area contributed by atoms with Gasteiger partial charge in [0.15, 0.2) is 5.82 Å². The highest BCUT2D eigenvalue weighted by Crippen LogP contribution is 2.12. The van der Waals surface area contributed by atoms with Crippen LogP contribution in [-0.4, -0.2) is 28.8 Å². The summed E-state index contributed by atoms with van der Waals surface area (Å²) in [6, 6.07) is 8.29. The third kappa shape index (κ3) is 4.41. The molecule has 2 rings (SSSR count). The van der Waals surface area contributed by atoms with Crippen LogP contribution in [0, 0.1) is 6.92 Å². The average molecular weight is 285 g/mol. The predicted octanol–water partition coefficient (Wildman–Crippen LogP) is 3.03. The molecule has 2 aromatic rings. The minimum absolute atomic E-state index is 0.569. The second-order valence-electron chi connectivity index (χ2n) is 5.19. The largest absolute Gasteiger partial charge is 0.358 e. The molecule has 0 fully saturated rings. The van der Waals surface area contributed by atoms with E-state index in [1.807, 2.05) is 19.2 Å². The molecular weight excluding hydrogens is 262 g/mol. The zero-order valence-corrected chi connectivity index (χ0v) is 13.0. The maximum absolute atomic E-state index is 4.51. The lowest BCUT2D eigenvalue weighted by molar-refractivity contribution is 0.753. The van der Waals surface area contributed by atoms with E-state index in [4.69, 9.17) is 0 Å². The molecule has 5 heteroatoms. The first-order valence-corrected chi connectivity index (χ1v) is 7.40. The van der Waals surface area contributed by atoms with Crippen LogP contribution in [0.2, 0.25) is 0 Å². The van der Waals surface area contributed by atoms with Crippen LogP contribution in [0.1, 0.15) is 30.9 Å². The quantitative estimate of drug-likeness (QED) is 0.847. The number of aromatic nitrogens is 3. The van der Waals surface area contributed by atoms with Crippen LogP contribution in [0.3, 0.4) is 0 Å². The highest BCUT2D eigenvalue weighted by molar-refractivity contribution is 5.40. The minimum Gasteiger partial charge on any atom is -0.358 e. The molecule has 0 aliphatic carbocycles. The van der Waals surface area contributed by atoms with Gasteiger partial charge in [-0.1, -0.05) is 37.6 Å². The van der Waals surface area contributed by atoms with Crippen molar-refractivity contribution >= 4 is 11.8 Å². The number of hydrogen-bond acceptors (Lipinski definition) is 5. The first-order chi connectivity index (χ1) is 10.2. The van der Waals surface area contributed by atoms with Gasteiger partial charge in [0.05, 0.1) is 6.20 Å². The second kappa shape index (κ2) is 7.57. The maximum atomic E-state index is 4.51. The summed E-state index contributed by atoms with van der Waals surface area (Å²) in [5.41, 5.74) is 2.50. The van der Waals surface area contributed by atoms with Crippen molar-refractivity contribution in [3.8, 4) is 0 Å². The normalized spacial score (nSPS) is 10.4. The van der Waals surface area contributed by atoms with Crippen molar-refractivity contribution < 1.29 is 0 Å². The minimum atomic E-state index is 0.569. The van der Waals surface area contributed by atoms with E-state index in [2.05, 4.69) is 51.4 Å². The third-order valence-electron chi connectivity index (χ3n) is 3.48. The van der Waals surface area contributed by atoms with Gasteiger partial charge in [0.1, 0.15) is 0 Å². The molecule has 0 unspecified atom stereocenters. The van der Waals surface area contributed by atoms with Gasteiger partial charge in [-0.3, -0.25) is 0 Å². The number of unbranched alkanes of at least 4 members (excludes halogenated alkanes) is 1. The lowest BCUT2D eigenvalue weighted by atomic mass is 10.1. The van der Waals surface area contributed by atoms with E-state index < -0.39 is 0 Å². The van der Waals surface area contributed by atoms with Gasteiger partial charge in [-0.2, -0.15) is 10.1 Å². The number of benzene rings is 1. The van der Waals surface area contributed by atoms with Crippen molar-refractivity contribution in [3.63, 3.8) is 0 Å². The summed E-state index contributed by atoms with van der Waals surface area (Å²) < 4.78 is 0. The van der Waals surface area contributed by atoms with Gasteiger partial charge in [0, 0.05) is 20.1 Å². The second-order valence-corrected chi connectivity index (χ2v) is 5.19. The molecule has 1 aromatic heterocycles. The molecule has 1 heterocycles. The Labute approximate surface area is 126 Å². The summed E-state index contributed by atoms with van der Waals surface area (Å²) in [4.78, 5) is 6.62. The van der Waals surface area contributed by atoms with Gasteiger partial charge < -0.3 is 10.2 Å². The molecule has 21 heavy (non-hydrogen) atoms. The van der Waals surface area contributed by atoms with Crippen LogP contribution in [0.15, 0.2) is 30.5 Å². The van der Waals surface area contributed by atoms with Crippen LogP contribution < -0.4 is 10.2 Å². The molecule has 0 radical (unpaired) electrons. The molecule has 0 spiro atoms. The number of aryl methyl sites for hydroxylation is 1. The molecule has 0 bridgehead atoms. The van der Waals surface area contributed by atoms with Crippen molar-refractivity contribution in [3.05, 3.63) is 41.6 Å². The van der Waals surface area contributed by atoms with Gasteiger partial charge in [-0.05, 0) is 24.5 Å².